The maximum Gasteiger partial charge on any atom is 0.244 e. The Bertz CT molecular complexity index is 814. The average Bonchev–Trinajstić information content (AvgIpc) is 3.27. The molecule has 0 saturated carbocycles. The van der Waals surface area contributed by atoms with Crippen LogP contribution in [0.1, 0.15) is 24.9 Å². The lowest BCUT2D eigenvalue weighted by atomic mass is 10.0. The molecule has 1 amide bonds. The lowest BCUT2D eigenvalue weighted by Gasteiger charge is -2.40. The van der Waals surface area contributed by atoms with Crippen LogP contribution in [0.5, 0.6) is 0 Å². The third-order valence-electron chi connectivity index (χ3n) is 5.87. The van der Waals surface area contributed by atoms with Gasteiger partial charge in [0.15, 0.2) is 0 Å². The van der Waals surface area contributed by atoms with Gasteiger partial charge in [0.25, 0.3) is 0 Å². The Balaban J connectivity index is 1.37. The fraction of sp³-hybridized carbons (Fsp3) is 0.500. The smallest absolute Gasteiger partial charge is 0.244 e. The molecule has 6 nitrogen and oxygen atoms in total. The normalized spacial score (nSPS) is 23.1. The molecular weight excluding hydrogens is 345 g/mol. The van der Waals surface area contributed by atoms with Crippen molar-refractivity contribution in [3.8, 4) is 0 Å². The lowest BCUT2D eigenvalue weighted by Crippen LogP contribution is -2.53. The molecule has 2 aliphatic rings. The van der Waals surface area contributed by atoms with Crippen molar-refractivity contribution in [2.24, 2.45) is 7.05 Å². The Labute approximate surface area is 159 Å². The van der Waals surface area contributed by atoms with Gasteiger partial charge in [0.05, 0.1) is 17.9 Å². The van der Waals surface area contributed by atoms with E-state index in [0.29, 0.717) is 0 Å². The zero-order valence-electron chi connectivity index (χ0n) is 15.9. The molecule has 0 spiro atoms. The number of aromatic nitrogens is 2. The van der Waals surface area contributed by atoms with Crippen LogP contribution in [0.25, 0.3) is 0 Å². The highest BCUT2D eigenvalue weighted by Crippen LogP contribution is 2.27. The van der Waals surface area contributed by atoms with Gasteiger partial charge in [-0.05, 0) is 19.4 Å². The first-order valence-electron chi connectivity index (χ1n) is 9.57. The molecule has 0 unspecified atom stereocenters. The number of carbonyl (C=O) groups is 1. The van der Waals surface area contributed by atoms with Crippen molar-refractivity contribution >= 4 is 11.6 Å². The van der Waals surface area contributed by atoms with Gasteiger partial charge in [-0.1, -0.05) is 18.2 Å². The maximum atomic E-state index is 14.1. The molecule has 3 heterocycles. The average molecular weight is 371 g/mol. The summed E-state index contributed by atoms with van der Waals surface area (Å²) in [6.07, 6.45) is 4.47. The lowest BCUT2D eigenvalue weighted by molar-refractivity contribution is -0.122. The SMILES string of the molecule is C[C@H](c1ccccc1F)N1CCN([C@H]2CCN(c3cnn(C)c3)C2=O)CC1. The van der Waals surface area contributed by atoms with E-state index in [4.69, 9.17) is 0 Å². The van der Waals surface area contributed by atoms with Crippen LogP contribution in [0.4, 0.5) is 10.1 Å². The van der Waals surface area contributed by atoms with Gasteiger partial charge in [0, 0.05) is 57.6 Å². The van der Waals surface area contributed by atoms with Crippen molar-refractivity contribution in [1.82, 2.24) is 19.6 Å². The monoisotopic (exact) mass is 371 g/mol. The third-order valence-corrected chi connectivity index (χ3v) is 5.87. The molecule has 2 aromatic rings. The van der Waals surface area contributed by atoms with Gasteiger partial charge < -0.3 is 4.90 Å². The van der Waals surface area contributed by atoms with E-state index in [9.17, 15) is 9.18 Å². The molecule has 27 heavy (non-hydrogen) atoms. The minimum absolute atomic E-state index is 0.0412. The number of nitrogens with zero attached hydrogens (tertiary/aromatic N) is 5. The largest absolute Gasteiger partial charge is 0.308 e. The summed E-state index contributed by atoms with van der Waals surface area (Å²) in [5, 5.41) is 4.17. The molecule has 0 N–H and O–H groups in total. The standard InChI is InChI=1S/C20H26FN5O/c1-15(17-5-3-4-6-18(17)21)24-9-11-25(12-10-24)19-7-8-26(20(19)27)16-13-22-23(2)14-16/h3-6,13-15,19H,7-12H2,1-2H3/t15-,19+/m1/s1. The van der Waals surface area contributed by atoms with Crippen LogP contribution in [0.2, 0.25) is 0 Å². The Morgan fingerprint density at radius 1 is 1.15 bits per heavy atom. The second kappa shape index (κ2) is 7.40. The number of aryl methyl sites for hydroxylation is 1. The predicted molar refractivity (Wildman–Crippen MR) is 102 cm³/mol. The maximum absolute atomic E-state index is 14.1. The Kier molecular flexibility index (Phi) is 4.97. The molecule has 1 aromatic heterocycles. The van der Waals surface area contributed by atoms with E-state index in [0.717, 1.165) is 50.4 Å². The quantitative estimate of drug-likeness (QED) is 0.825. The first kappa shape index (κ1) is 18.1. The molecule has 0 bridgehead atoms. The Morgan fingerprint density at radius 2 is 1.89 bits per heavy atom. The van der Waals surface area contributed by atoms with Gasteiger partial charge in [-0.2, -0.15) is 5.10 Å². The highest BCUT2D eigenvalue weighted by molar-refractivity contribution is 5.99. The minimum atomic E-state index is -0.148. The highest BCUT2D eigenvalue weighted by atomic mass is 19.1. The van der Waals surface area contributed by atoms with Gasteiger partial charge >= 0.3 is 0 Å². The number of halogens is 1. The summed E-state index contributed by atoms with van der Waals surface area (Å²) in [5.74, 6) is 0.0177. The molecule has 144 valence electrons. The summed E-state index contributed by atoms with van der Waals surface area (Å²) in [5.41, 5.74) is 1.61. The summed E-state index contributed by atoms with van der Waals surface area (Å²) in [7, 11) is 1.86. The number of carbonyl (C=O) groups excluding carboxylic acids is 1. The second-order valence-electron chi connectivity index (χ2n) is 7.44. The predicted octanol–water partition coefficient (Wildman–Crippen LogP) is 2.04. The summed E-state index contributed by atoms with van der Waals surface area (Å²) in [6, 6.07) is 6.97. The molecule has 2 atom stereocenters. The summed E-state index contributed by atoms with van der Waals surface area (Å²) < 4.78 is 15.8. The van der Waals surface area contributed by atoms with Crippen LogP contribution in [-0.2, 0) is 11.8 Å². The number of hydrogen-bond acceptors (Lipinski definition) is 4. The van der Waals surface area contributed by atoms with E-state index in [-0.39, 0.29) is 23.8 Å². The molecule has 2 fully saturated rings. The van der Waals surface area contributed by atoms with E-state index >= 15 is 0 Å². The van der Waals surface area contributed by atoms with Crippen molar-refractivity contribution in [3.63, 3.8) is 0 Å². The summed E-state index contributed by atoms with van der Waals surface area (Å²) in [4.78, 5) is 19.3. The molecular formula is C20H26FN5O. The van der Waals surface area contributed by atoms with Crippen molar-refractivity contribution in [1.29, 1.82) is 0 Å². The van der Waals surface area contributed by atoms with Gasteiger partial charge in [0.1, 0.15) is 5.82 Å². The van der Waals surface area contributed by atoms with Crippen LogP contribution in [0.15, 0.2) is 36.7 Å². The summed E-state index contributed by atoms with van der Waals surface area (Å²) in [6.45, 7) is 6.13. The topological polar surface area (TPSA) is 44.6 Å². The number of rotatable bonds is 4. The van der Waals surface area contributed by atoms with E-state index in [2.05, 4.69) is 21.8 Å². The molecule has 2 saturated heterocycles. The number of anilines is 1. The summed E-state index contributed by atoms with van der Waals surface area (Å²) >= 11 is 0. The molecule has 0 radical (unpaired) electrons. The Hall–Kier alpha value is -2.25. The second-order valence-corrected chi connectivity index (χ2v) is 7.44. The van der Waals surface area contributed by atoms with E-state index < -0.39 is 0 Å². The zero-order chi connectivity index (χ0) is 19.0. The molecule has 7 heteroatoms. The van der Waals surface area contributed by atoms with Crippen LogP contribution in [-0.4, -0.2) is 64.3 Å². The number of amides is 1. The van der Waals surface area contributed by atoms with Crippen LogP contribution in [0, 0.1) is 5.82 Å². The number of piperazine rings is 1. The van der Waals surface area contributed by atoms with Crippen molar-refractivity contribution in [3.05, 3.63) is 48.0 Å². The zero-order valence-corrected chi connectivity index (χ0v) is 15.9. The molecule has 2 aliphatic heterocycles. The van der Waals surface area contributed by atoms with Crippen molar-refractivity contribution in [2.45, 2.75) is 25.4 Å². The molecule has 4 rings (SSSR count). The van der Waals surface area contributed by atoms with Crippen molar-refractivity contribution in [2.75, 3.05) is 37.6 Å². The number of hydrogen-bond donors (Lipinski definition) is 0. The minimum Gasteiger partial charge on any atom is -0.308 e. The highest BCUT2D eigenvalue weighted by Gasteiger charge is 2.38. The van der Waals surface area contributed by atoms with Gasteiger partial charge in [0.2, 0.25) is 5.91 Å². The third kappa shape index (κ3) is 3.49. The van der Waals surface area contributed by atoms with Crippen LogP contribution >= 0.6 is 0 Å². The van der Waals surface area contributed by atoms with Gasteiger partial charge in [-0.25, -0.2) is 4.39 Å². The number of benzene rings is 1. The van der Waals surface area contributed by atoms with E-state index in [1.165, 1.54) is 6.07 Å². The molecule has 0 aliphatic carbocycles. The molecule has 1 aromatic carbocycles. The fourth-order valence-corrected chi connectivity index (χ4v) is 4.25. The van der Waals surface area contributed by atoms with E-state index in [1.54, 1.807) is 16.9 Å². The first-order valence-corrected chi connectivity index (χ1v) is 9.57. The first-order chi connectivity index (χ1) is 13.0. The fourth-order valence-electron chi connectivity index (χ4n) is 4.25. The van der Waals surface area contributed by atoms with Crippen molar-refractivity contribution < 1.29 is 9.18 Å². The van der Waals surface area contributed by atoms with Crippen LogP contribution < -0.4 is 4.90 Å². The van der Waals surface area contributed by atoms with Crippen LogP contribution in [0.3, 0.4) is 0 Å². The van der Waals surface area contributed by atoms with Gasteiger partial charge in [-0.3, -0.25) is 19.3 Å². The van der Waals surface area contributed by atoms with E-state index in [1.807, 2.05) is 30.3 Å². The Morgan fingerprint density at radius 3 is 2.56 bits per heavy atom. The van der Waals surface area contributed by atoms with Gasteiger partial charge in [-0.15, -0.1) is 0 Å².